The molecule has 0 radical (unpaired) electrons. The highest BCUT2D eigenvalue weighted by Gasteiger charge is 2.21. The second kappa shape index (κ2) is 8.29. The second-order valence-corrected chi connectivity index (χ2v) is 7.36. The Bertz CT molecular complexity index is 1130. The summed E-state index contributed by atoms with van der Waals surface area (Å²) in [6.45, 7) is 3.84. The highest BCUT2D eigenvalue weighted by molar-refractivity contribution is 5.76. The summed E-state index contributed by atoms with van der Waals surface area (Å²) in [7, 11) is 0. The Hall–Kier alpha value is -3.79. The lowest BCUT2D eigenvalue weighted by Gasteiger charge is -2.20. The average Bonchev–Trinajstić information content (AvgIpc) is 2.76. The molecule has 7 heteroatoms. The molecule has 1 aliphatic carbocycles. The summed E-state index contributed by atoms with van der Waals surface area (Å²) in [5.41, 5.74) is 5.44. The van der Waals surface area contributed by atoms with Gasteiger partial charge >= 0.3 is 0 Å². The van der Waals surface area contributed by atoms with E-state index in [-0.39, 0.29) is 0 Å². The van der Waals surface area contributed by atoms with Crippen LogP contribution in [0.5, 0.6) is 11.6 Å². The van der Waals surface area contributed by atoms with Crippen LogP contribution in [0.3, 0.4) is 0 Å². The highest BCUT2D eigenvalue weighted by atomic mass is 16.5. The number of aldehydes is 1. The molecule has 7 nitrogen and oxygen atoms in total. The number of nitrogens with one attached hydrogen (secondary N) is 1. The number of carbonyl (C=O) groups excluding carboxylic acids is 1. The summed E-state index contributed by atoms with van der Waals surface area (Å²) in [5.74, 6) is 1.67. The van der Waals surface area contributed by atoms with Gasteiger partial charge in [-0.25, -0.2) is 9.97 Å². The van der Waals surface area contributed by atoms with Crippen molar-refractivity contribution in [1.82, 2.24) is 15.0 Å². The summed E-state index contributed by atoms with van der Waals surface area (Å²) < 4.78 is 6.29. The van der Waals surface area contributed by atoms with Crippen LogP contribution in [0.15, 0.2) is 30.5 Å². The Morgan fingerprint density at radius 2 is 1.90 bits per heavy atom. The molecule has 2 heterocycles. The van der Waals surface area contributed by atoms with Crippen LogP contribution in [0, 0.1) is 25.2 Å². The van der Waals surface area contributed by atoms with E-state index in [1.54, 1.807) is 18.3 Å². The number of nitrogens with zero attached hydrogens (tertiary/aromatic N) is 4. The van der Waals surface area contributed by atoms with Gasteiger partial charge in [0.1, 0.15) is 23.8 Å². The number of aromatic nitrogens is 3. The third-order valence-electron chi connectivity index (χ3n) is 5.10. The van der Waals surface area contributed by atoms with Gasteiger partial charge in [-0.15, -0.1) is 0 Å². The minimum absolute atomic E-state index is 0.348. The van der Waals surface area contributed by atoms with Gasteiger partial charge in [0, 0.05) is 11.1 Å². The van der Waals surface area contributed by atoms with E-state index in [1.807, 2.05) is 32.0 Å². The molecule has 1 N–H and O–H groups in total. The Kier molecular flexibility index (Phi) is 5.40. The van der Waals surface area contributed by atoms with Crippen LogP contribution in [0.25, 0.3) is 0 Å². The van der Waals surface area contributed by atoms with Gasteiger partial charge in [0.05, 0.1) is 17.6 Å². The first-order valence-electron chi connectivity index (χ1n) is 9.84. The Morgan fingerprint density at radius 3 is 2.57 bits per heavy atom. The SMILES string of the molecule is Cc1cc(C=O)cc(C)c1Oc1nc(Nc2ccc(C#N)nc2)nc2c1CCCC2. The van der Waals surface area contributed by atoms with Gasteiger partial charge in [-0.2, -0.15) is 10.2 Å². The van der Waals surface area contributed by atoms with Crippen LogP contribution in [-0.2, 0) is 12.8 Å². The third kappa shape index (κ3) is 3.98. The number of aryl methyl sites for hydroxylation is 3. The number of benzene rings is 1. The second-order valence-electron chi connectivity index (χ2n) is 7.36. The van der Waals surface area contributed by atoms with Crippen LogP contribution in [0.4, 0.5) is 11.6 Å². The molecule has 0 saturated heterocycles. The van der Waals surface area contributed by atoms with Crippen LogP contribution < -0.4 is 10.1 Å². The fourth-order valence-corrected chi connectivity index (χ4v) is 3.67. The van der Waals surface area contributed by atoms with Crippen LogP contribution in [-0.4, -0.2) is 21.2 Å². The predicted molar refractivity (Wildman–Crippen MR) is 112 cm³/mol. The molecule has 0 aliphatic heterocycles. The van der Waals surface area contributed by atoms with Gasteiger partial charge in [0.15, 0.2) is 0 Å². The summed E-state index contributed by atoms with van der Waals surface area (Å²) in [6, 6.07) is 9.03. The molecular formula is C23H21N5O2. The van der Waals surface area contributed by atoms with E-state index in [4.69, 9.17) is 10.00 Å². The molecule has 0 atom stereocenters. The standard InChI is InChI=1S/C23H21N5O2/c1-14-9-16(13-29)10-15(2)21(14)30-22-19-5-3-4-6-20(19)27-23(28-22)26-18-8-7-17(11-24)25-12-18/h7-10,12-13H,3-6H2,1-2H3,(H,26,27,28). The number of hydrogen-bond acceptors (Lipinski definition) is 7. The fourth-order valence-electron chi connectivity index (χ4n) is 3.67. The van der Waals surface area contributed by atoms with E-state index in [1.165, 1.54) is 0 Å². The lowest BCUT2D eigenvalue weighted by Crippen LogP contribution is -2.12. The number of fused-ring (bicyclic) bond motifs is 1. The van der Waals surface area contributed by atoms with E-state index in [0.29, 0.717) is 34.5 Å². The van der Waals surface area contributed by atoms with Crippen molar-refractivity contribution in [3.05, 3.63) is 64.1 Å². The van der Waals surface area contributed by atoms with E-state index in [0.717, 1.165) is 54.4 Å². The number of hydrogen-bond donors (Lipinski definition) is 1. The van der Waals surface area contributed by atoms with Crippen molar-refractivity contribution >= 4 is 17.9 Å². The minimum atomic E-state index is 0.348. The van der Waals surface area contributed by atoms with Gasteiger partial charge in [0.25, 0.3) is 0 Å². The number of anilines is 2. The maximum Gasteiger partial charge on any atom is 0.230 e. The maximum atomic E-state index is 11.1. The molecule has 150 valence electrons. The normalized spacial score (nSPS) is 12.6. The van der Waals surface area contributed by atoms with E-state index in [2.05, 4.69) is 20.3 Å². The zero-order valence-corrected chi connectivity index (χ0v) is 16.9. The first-order chi connectivity index (χ1) is 14.6. The predicted octanol–water partition coefficient (Wildman–Crippen LogP) is 4.59. The lowest BCUT2D eigenvalue weighted by molar-refractivity contribution is 0.112. The summed E-state index contributed by atoms with van der Waals surface area (Å²) in [6.07, 6.45) is 6.30. The molecular weight excluding hydrogens is 378 g/mol. The number of pyridine rings is 1. The van der Waals surface area contributed by atoms with Crippen molar-refractivity contribution in [2.45, 2.75) is 39.5 Å². The minimum Gasteiger partial charge on any atom is -0.438 e. The zero-order chi connectivity index (χ0) is 21.1. The molecule has 0 bridgehead atoms. The van der Waals surface area contributed by atoms with E-state index in [9.17, 15) is 4.79 Å². The van der Waals surface area contributed by atoms with Crippen molar-refractivity contribution in [3.8, 4) is 17.7 Å². The summed E-state index contributed by atoms with van der Waals surface area (Å²) >= 11 is 0. The van der Waals surface area contributed by atoms with Crippen LogP contribution in [0.1, 0.15) is 51.3 Å². The maximum absolute atomic E-state index is 11.1. The first-order valence-corrected chi connectivity index (χ1v) is 9.84. The lowest BCUT2D eigenvalue weighted by atomic mass is 9.97. The van der Waals surface area contributed by atoms with E-state index >= 15 is 0 Å². The van der Waals surface area contributed by atoms with Crippen LogP contribution in [0.2, 0.25) is 0 Å². The quantitative estimate of drug-likeness (QED) is 0.626. The molecule has 30 heavy (non-hydrogen) atoms. The van der Waals surface area contributed by atoms with Gasteiger partial charge in [-0.05, 0) is 74.9 Å². The molecule has 2 aromatic heterocycles. The number of rotatable bonds is 5. The van der Waals surface area contributed by atoms with Crippen molar-refractivity contribution in [3.63, 3.8) is 0 Å². The Balaban J connectivity index is 1.71. The average molecular weight is 399 g/mol. The van der Waals surface area contributed by atoms with E-state index < -0.39 is 0 Å². The smallest absolute Gasteiger partial charge is 0.230 e. The molecule has 4 rings (SSSR count). The monoisotopic (exact) mass is 399 g/mol. The molecule has 3 aromatic rings. The molecule has 0 saturated carbocycles. The largest absolute Gasteiger partial charge is 0.438 e. The fraction of sp³-hybridized carbons (Fsp3) is 0.261. The summed E-state index contributed by atoms with van der Waals surface area (Å²) in [5, 5.41) is 12.1. The van der Waals surface area contributed by atoms with Crippen molar-refractivity contribution in [2.75, 3.05) is 5.32 Å². The van der Waals surface area contributed by atoms with Gasteiger partial charge in [-0.1, -0.05) is 0 Å². The molecule has 0 unspecified atom stereocenters. The molecule has 0 fully saturated rings. The topological polar surface area (TPSA) is 101 Å². The highest BCUT2D eigenvalue weighted by Crippen LogP contribution is 2.35. The molecule has 1 aliphatic rings. The molecule has 1 aromatic carbocycles. The zero-order valence-electron chi connectivity index (χ0n) is 16.9. The molecule has 0 spiro atoms. The van der Waals surface area contributed by atoms with Gasteiger partial charge in [-0.3, -0.25) is 4.79 Å². The van der Waals surface area contributed by atoms with Crippen molar-refractivity contribution in [2.24, 2.45) is 0 Å². The van der Waals surface area contributed by atoms with Gasteiger partial charge < -0.3 is 10.1 Å². The third-order valence-corrected chi connectivity index (χ3v) is 5.10. The van der Waals surface area contributed by atoms with Crippen molar-refractivity contribution in [1.29, 1.82) is 5.26 Å². The number of nitriles is 1. The van der Waals surface area contributed by atoms with Gasteiger partial charge in [0.2, 0.25) is 11.8 Å². The molecule has 0 amide bonds. The van der Waals surface area contributed by atoms with Crippen molar-refractivity contribution < 1.29 is 9.53 Å². The summed E-state index contributed by atoms with van der Waals surface area (Å²) in [4.78, 5) is 24.5. The Labute approximate surface area is 174 Å². The van der Waals surface area contributed by atoms with Crippen LogP contribution >= 0.6 is 0 Å². The first kappa shape index (κ1) is 19.5. The Morgan fingerprint density at radius 1 is 1.13 bits per heavy atom. The number of ether oxygens (including phenoxy) is 1. The number of carbonyl (C=O) groups is 1.